The number of aliphatic hydroxyl groups is 1. The molecule has 0 bridgehead atoms. The number of rotatable bonds is 68. The van der Waals surface area contributed by atoms with E-state index in [9.17, 15) is 43.2 Å². The molecule has 0 aromatic rings. The topological polar surface area (TPSA) is 237 Å². The summed E-state index contributed by atoms with van der Waals surface area (Å²) in [6.45, 7) is 4.59. The molecule has 0 radical (unpaired) electrons. The van der Waals surface area contributed by atoms with E-state index in [1.807, 2.05) is 12.2 Å². The zero-order chi connectivity index (χ0) is 69.0. The Morgan fingerprint density at radius 1 is 0.309 bits per heavy atom. The number of hydrogen-bond acceptors (Lipinski definition) is 15. The van der Waals surface area contributed by atoms with Crippen LogP contribution in [0.4, 0.5) is 0 Å². The molecule has 0 aromatic carbocycles. The molecule has 5 unspecified atom stereocenters. The number of hydrogen-bond donors (Lipinski definition) is 3. The van der Waals surface area contributed by atoms with Gasteiger partial charge in [-0.1, -0.05) is 253 Å². The Bertz CT molecular complexity index is 2170. The number of carbonyl (C=O) groups excluding carboxylic acids is 4. The van der Waals surface area contributed by atoms with Gasteiger partial charge in [-0.05, 0) is 116 Å². The van der Waals surface area contributed by atoms with Crippen molar-refractivity contribution in [2.24, 2.45) is 0 Å². The standard InChI is InChI=1S/C75H130O17P2/c1-5-9-13-17-21-25-29-31-33-34-36-38-42-44-48-52-56-60-73(78)86-66-71(92-75(80)62-58-54-50-46-40-28-24-20-16-12-8-4)68-90-94(83,84)88-64-69(76)63-87-93(81,82)89-67-70(91-74(79)61-57-53-49-45-39-27-23-19-15-11-7-3)65-85-72(77)59-55-51-47-43-41-37-35-32-30-26-22-18-14-10-6-2/h9,13,20-22,24-26,31-33,35-36,38,44,48,69-71,76H,5-8,10-12,14-19,23,27-30,34,37,39-43,45-47,49-68H2,1-4H3,(H,81,82)(H,83,84)/b13-9-,24-20-,25-21-,26-22-,33-31-,35-32-,38-36-,48-44-. The summed E-state index contributed by atoms with van der Waals surface area (Å²) >= 11 is 0. The van der Waals surface area contributed by atoms with E-state index in [0.29, 0.717) is 32.1 Å². The van der Waals surface area contributed by atoms with E-state index in [-0.39, 0.29) is 25.7 Å². The van der Waals surface area contributed by atoms with Gasteiger partial charge in [0.1, 0.15) is 19.3 Å². The van der Waals surface area contributed by atoms with Gasteiger partial charge in [0.2, 0.25) is 0 Å². The van der Waals surface area contributed by atoms with Crippen molar-refractivity contribution in [1.82, 2.24) is 0 Å². The van der Waals surface area contributed by atoms with Gasteiger partial charge in [-0.25, -0.2) is 9.13 Å². The Hall–Kier alpha value is -4.02. The highest BCUT2D eigenvalue weighted by molar-refractivity contribution is 7.47. The lowest BCUT2D eigenvalue weighted by atomic mass is 10.1. The average Bonchev–Trinajstić information content (AvgIpc) is 1.32. The summed E-state index contributed by atoms with van der Waals surface area (Å²) in [6.07, 6.45) is 68.5. The van der Waals surface area contributed by atoms with E-state index < -0.39 is 97.5 Å². The third kappa shape index (κ3) is 66.6. The van der Waals surface area contributed by atoms with Crippen LogP contribution in [0.5, 0.6) is 0 Å². The Kier molecular flexibility index (Phi) is 64.7. The molecule has 0 spiro atoms. The molecule has 17 nitrogen and oxygen atoms in total. The zero-order valence-corrected chi connectivity index (χ0v) is 60.7. The average molecular weight is 1370 g/mol. The SMILES string of the molecule is CC/C=C\C/C=C\C/C=C\C/C=C\C/C=C\CCCC(=O)OCC(COP(=O)(O)OCC(O)COP(=O)(O)OCC(COC(=O)CCCCCCC/C=C\C/C=C\CCCCC)OC(=O)CCCCCCCCCCCCC)OC(=O)CCCCCCC/C=C\CCCC. The highest BCUT2D eigenvalue weighted by Crippen LogP contribution is 2.45. The van der Waals surface area contributed by atoms with Gasteiger partial charge in [-0.3, -0.25) is 37.3 Å². The molecule has 0 saturated heterocycles. The molecule has 0 rings (SSSR count). The summed E-state index contributed by atoms with van der Waals surface area (Å²) in [7, 11) is -9.95. The first kappa shape index (κ1) is 90.0. The lowest BCUT2D eigenvalue weighted by Crippen LogP contribution is -2.30. The van der Waals surface area contributed by atoms with Gasteiger partial charge in [0.15, 0.2) is 12.2 Å². The van der Waals surface area contributed by atoms with Crippen molar-refractivity contribution in [3.05, 3.63) is 97.2 Å². The van der Waals surface area contributed by atoms with Gasteiger partial charge < -0.3 is 33.8 Å². The monoisotopic (exact) mass is 1360 g/mol. The minimum Gasteiger partial charge on any atom is -0.462 e. The van der Waals surface area contributed by atoms with Gasteiger partial charge in [0.25, 0.3) is 0 Å². The number of phosphoric ester groups is 2. The van der Waals surface area contributed by atoms with Crippen LogP contribution in [0, 0.1) is 0 Å². The Morgan fingerprint density at radius 3 is 0.957 bits per heavy atom. The maximum Gasteiger partial charge on any atom is 0.472 e. The Balaban J connectivity index is 5.35. The maximum atomic E-state index is 13.0. The molecule has 0 fully saturated rings. The quantitative estimate of drug-likeness (QED) is 0.0169. The molecule has 0 saturated carbocycles. The van der Waals surface area contributed by atoms with Crippen molar-refractivity contribution >= 4 is 39.5 Å². The van der Waals surface area contributed by atoms with Crippen molar-refractivity contribution in [2.45, 2.75) is 316 Å². The van der Waals surface area contributed by atoms with Crippen molar-refractivity contribution < 1.29 is 80.2 Å². The molecule has 94 heavy (non-hydrogen) atoms. The summed E-state index contributed by atoms with van der Waals surface area (Å²) in [5, 5.41) is 10.6. The summed E-state index contributed by atoms with van der Waals surface area (Å²) in [5.74, 6) is -2.26. The molecule has 0 aliphatic carbocycles. The van der Waals surface area contributed by atoms with Crippen LogP contribution >= 0.6 is 15.6 Å². The van der Waals surface area contributed by atoms with Gasteiger partial charge >= 0.3 is 39.5 Å². The number of allylic oxidation sites excluding steroid dienone is 16. The number of aliphatic hydroxyl groups excluding tert-OH is 1. The molecular formula is C75H130O17P2. The Labute approximate surface area is 569 Å². The summed E-state index contributed by atoms with van der Waals surface area (Å²) < 4.78 is 68.2. The molecular weight excluding hydrogens is 1230 g/mol. The van der Waals surface area contributed by atoms with Gasteiger partial charge in [0, 0.05) is 25.7 Å². The first-order valence-corrected chi connectivity index (χ1v) is 39.5. The highest BCUT2D eigenvalue weighted by Gasteiger charge is 2.30. The van der Waals surface area contributed by atoms with Crippen LogP contribution in [-0.2, 0) is 65.4 Å². The molecule has 19 heteroatoms. The molecule has 5 atom stereocenters. The summed E-state index contributed by atoms with van der Waals surface area (Å²) in [6, 6.07) is 0. The van der Waals surface area contributed by atoms with E-state index in [2.05, 4.69) is 113 Å². The number of esters is 4. The first-order valence-electron chi connectivity index (χ1n) is 36.5. The van der Waals surface area contributed by atoms with E-state index >= 15 is 0 Å². The second-order valence-electron chi connectivity index (χ2n) is 24.2. The maximum absolute atomic E-state index is 13.0. The van der Waals surface area contributed by atoms with E-state index in [1.165, 1.54) is 70.6 Å². The molecule has 0 heterocycles. The lowest BCUT2D eigenvalue weighted by molar-refractivity contribution is -0.161. The van der Waals surface area contributed by atoms with Crippen LogP contribution in [0.15, 0.2) is 97.2 Å². The number of unbranched alkanes of at least 4 members (excludes halogenated alkanes) is 26. The van der Waals surface area contributed by atoms with E-state index in [0.717, 1.165) is 141 Å². The fourth-order valence-electron chi connectivity index (χ4n) is 9.44. The van der Waals surface area contributed by atoms with Crippen LogP contribution in [0.25, 0.3) is 0 Å². The van der Waals surface area contributed by atoms with Crippen LogP contribution in [0.1, 0.15) is 297 Å². The van der Waals surface area contributed by atoms with Crippen molar-refractivity contribution in [1.29, 1.82) is 0 Å². The van der Waals surface area contributed by atoms with Crippen molar-refractivity contribution in [3.63, 3.8) is 0 Å². The smallest absolute Gasteiger partial charge is 0.462 e. The predicted octanol–water partition coefficient (Wildman–Crippen LogP) is 20.4. The fraction of sp³-hybridized carbons (Fsp3) is 0.733. The minimum absolute atomic E-state index is 0.0719. The normalized spacial score (nSPS) is 14.6. The van der Waals surface area contributed by atoms with Gasteiger partial charge in [-0.15, -0.1) is 0 Å². The fourth-order valence-corrected chi connectivity index (χ4v) is 11.0. The van der Waals surface area contributed by atoms with Crippen molar-refractivity contribution in [3.8, 4) is 0 Å². The minimum atomic E-state index is -4.98. The van der Waals surface area contributed by atoms with Crippen LogP contribution in [-0.4, -0.2) is 96.7 Å². The summed E-state index contributed by atoms with van der Waals surface area (Å²) in [5.41, 5.74) is 0. The molecule has 542 valence electrons. The molecule has 0 amide bonds. The predicted molar refractivity (Wildman–Crippen MR) is 381 cm³/mol. The third-order valence-electron chi connectivity index (χ3n) is 15.0. The summed E-state index contributed by atoms with van der Waals surface area (Å²) in [4.78, 5) is 72.6. The van der Waals surface area contributed by atoms with Crippen LogP contribution in [0.3, 0.4) is 0 Å². The molecule has 0 aliphatic rings. The van der Waals surface area contributed by atoms with Crippen LogP contribution < -0.4 is 0 Å². The van der Waals surface area contributed by atoms with Crippen LogP contribution in [0.2, 0.25) is 0 Å². The zero-order valence-electron chi connectivity index (χ0n) is 58.9. The Morgan fingerprint density at radius 2 is 0.574 bits per heavy atom. The first-order chi connectivity index (χ1) is 45.7. The van der Waals surface area contributed by atoms with Crippen molar-refractivity contribution in [2.75, 3.05) is 39.6 Å². The third-order valence-corrected chi connectivity index (χ3v) is 16.9. The van der Waals surface area contributed by atoms with E-state index in [1.54, 1.807) is 0 Å². The van der Waals surface area contributed by atoms with E-state index in [4.69, 9.17) is 37.0 Å². The molecule has 3 N–H and O–H groups in total. The lowest BCUT2D eigenvalue weighted by Gasteiger charge is -2.21. The number of phosphoric acid groups is 2. The highest BCUT2D eigenvalue weighted by atomic mass is 31.2. The second-order valence-corrected chi connectivity index (χ2v) is 27.1. The van der Waals surface area contributed by atoms with Gasteiger partial charge in [0.05, 0.1) is 26.4 Å². The van der Waals surface area contributed by atoms with Gasteiger partial charge in [-0.2, -0.15) is 0 Å². The molecule has 0 aliphatic heterocycles. The number of ether oxygens (including phenoxy) is 4. The second kappa shape index (κ2) is 67.5. The largest absolute Gasteiger partial charge is 0.472 e. The number of carbonyl (C=O) groups is 4. The molecule has 0 aromatic heterocycles.